The largest absolute Gasteiger partial charge is 0.308 e. The Morgan fingerprint density at radius 2 is 2.12 bits per heavy atom. The summed E-state index contributed by atoms with van der Waals surface area (Å²) >= 11 is 3.42. The van der Waals surface area contributed by atoms with Crippen molar-refractivity contribution in [1.29, 1.82) is 0 Å². The first-order chi connectivity index (χ1) is 8.09. The molecule has 2 rings (SSSR count). The van der Waals surface area contributed by atoms with Gasteiger partial charge < -0.3 is 4.90 Å². The molecule has 0 aliphatic carbocycles. The molecule has 0 spiro atoms. The lowest BCUT2D eigenvalue weighted by Gasteiger charge is -2.11. The highest BCUT2D eigenvalue weighted by atomic mass is 79.9. The first kappa shape index (κ1) is 12.3. The molecule has 0 saturated heterocycles. The molecule has 90 valence electrons. The monoisotopic (exact) mass is 295 g/mol. The molecule has 2 aromatic rings. The number of benzene rings is 1. The van der Waals surface area contributed by atoms with E-state index in [2.05, 4.69) is 21.0 Å². The summed E-state index contributed by atoms with van der Waals surface area (Å²) in [6.07, 6.45) is 1.73. The molecule has 4 nitrogen and oxygen atoms in total. The molecule has 0 aliphatic rings. The summed E-state index contributed by atoms with van der Waals surface area (Å²) < 4.78 is 2.41. The van der Waals surface area contributed by atoms with Crippen LogP contribution in [0.25, 0.3) is 10.8 Å². The lowest BCUT2D eigenvalue weighted by Crippen LogP contribution is -2.28. The van der Waals surface area contributed by atoms with Gasteiger partial charge in [-0.25, -0.2) is 4.68 Å². The standard InChI is InChI=1S/C12H14BrN3O/c1-15(2)6-7-16-12(17)9-4-3-5-11(13)10(9)8-14-16/h3-5,8H,6-7H2,1-2H3. The van der Waals surface area contributed by atoms with Crippen LogP contribution < -0.4 is 5.56 Å². The van der Waals surface area contributed by atoms with E-state index in [1.807, 2.05) is 37.2 Å². The third-order valence-corrected chi connectivity index (χ3v) is 3.29. The van der Waals surface area contributed by atoms with Crippen molar-refractivity contribution in [3.63, 3.8) is 0 Å². The molecule has 0 saturated carbocycles. The highest BCUT2D eigenvalue weighted by Gasteiger charge is 2.06. The van der Waals surface area contributed by atoms with E-state index in [9.17, 15) is 4.79 Å². The number of hydrogen-bond donors (Lipinski definition) is 0. The van der Waals surface area contributed by atoms with Crippen molar-refractivity contribution >= 4 is 26.7 Å². The van der Waals surface area contributed by atoms with E-state index in [1.165, 1.54) is 4.68 Å². The van der Waals surface area contributed by atoms with E-state index < -0.39 is 0 Å². The Bertz CT molecular complexity index is 592. The van der Waals surface area contributed by atoms with Crippen LogP contribution in [0.5, 0.6) is 0 Å². The van der Waals surface area contributed by atoms with Crippen molar-refractivity contribution in [3.8, 4) is 0 Å². The Hall–Kier alpha value is -1.20. The molecule has 0 fully saturated rings. The zero-order valence-corrected chi connectivity index (χ0v) is 11.4. The zero-order chi connectivity index (χ0) is 12.4. The van der Waals surface area contributed by atoms with Gasteiger partial charge in [-0.15, -0.1) is 0 Å². The summed E-state index contributed by atoms with van der Waals surface area (Å²) in [7, 11) is 3.95. The van der Waals surface area contributed by atoms with E-state index in [1.54, 1.807) is 6.20 Å². The van der Waals surface area contributed by atoms with Crippen LogP contribution in [0.3, 0.4) is 0 Å². The van der Waals surface area contributed by atoms with Crippen LogP contribution in [-0.2, 0) is 6.54 Å². The smallest absolute Gasteiger partial charge is 0.274 e. The van der Waals surface area contributed by atoms with E-state index in [0.717, 1.165) is 16.4 Å². The van der Waals surface area contributed by atoms with E-state index in [-0.39, 0.29) is 5.56 Å². The number of fused-ring (bicyclic) bond motifs is 1. The molecule has 0 aliphatic heterocycles. The zero-order valence-electron chi connectivity index (χ0n) is 9.85. The average molecular weight is 296 g/mol. The number of halogens is 1. The number of nitrogens with zero attached hydrogens (tertiary/aromatic N) is 3. The van der Waals surface area contributed by atoms with Crippen LogP contribution >= 0.6 is 15.9 Å². The van der Waals surface area contributed by atoms with Crippen LogP contribution in [0, 0.1) is 0 Å². The highest BCUT2D eigenvalue weighted by Crippen LogP contribution is 2.19. The third-order valence-electron chi connectivity index (χ3n) is 2.60. The maximum absolute atomic E-state index is 12.2. The van der Waals surface area contributed by atoms with Crippen molar-refractivity contribution in [3.05, 3.63) is 39.2 Å². The van der Waals surface area contributed by atoms with Gasteiger partial charge >= 0.3 is 0 Å². The average Bonchev–Trinajstić information content (AvgIpc) is 2.29. The third kappa shape index (κ3) is 2.56. The molecule has 5 heteroatoms. The van der Waals surface area contributed by atoms with Gasteiger partial charge in [-0.1, -0.05) is 22.0 Å². The predicted octanol–water partition coefficient (Wildman–Crippen LogP) is 1.72. The molecule has 1 aromatic carbocycles. The minimum atomic E-state index is -0.0364. The second-order valence-electron chi connectivity index (χ2n) is 4.18. The van der Waals surface area contributed by atoms with Crippen LogP contribution in [0.2, 0.25) is 0 Å². The molecular formula is C12H14BrN3O. The normalized spacial score (nSPS) is 11.3. The molecule has 0 bridgehead atoms. The minimum absolute atomic E-state index is 0.0364. The quantitative estimate of drug-likeness (QED) is 0.865. The number of rotatable bonds is 3. The first-order valence-corrected chi connectivity index (χ1v) is 6.18. The van der Waals surface area contributed by atoms with Gasteiger partial charge in [0.2, 0.25) is 0 Å². The fraction of sp³-hybridized carbons (Fsp3) is 0.333. The Kier molecular flexibility index (Phi) is 3.59. The van der Waals surface area contributed by atoms with Crippen LogP contribution in [-0.4, -0.2) is 35.3 Å². The van der Waals surface area contributed by atoms with Gasteiger partial charge in [0.05, 0.1) is 18.1 Å². The summed E-state index contributed by atoms with van der Waals surface area (Å²) in [5.41, 5.74) is -0.0364. The lowest BCUT2D eigenvalue weighted by atomic mass is 10.2. The number of hydrogen-bond acceptors (Lipinski definition) is 3. The Balaban J connectivity index is 2.48. The molecule has 17 heavy (non-hydrogen) atoms. The van der Waals surface area contributed by atoms with Crippen molar-refractivity contribution in [1.82, 2.24) is 14.7 Å². The summed E-state index contributed by atoms with van der Waals surface area (Å²) in [6, 6.07) is 5.61. The molecular weight excluding hydrogens is 282 g/mol. The van der Waals surface area contributed by atoms with Gasteiger partial charge in [0.1, 0.15) is 0 Å². The molecule has 0 amide bonds. The SMILES string of the molecule is CN(C)CCn1ncc2c(Br)cccc2c1=O. The predicted molar refractivity (Wildman–Crippen MR) is 72.3 cm³/mol. The van der Waals surface area contributed by atoms with E-state index in [4.69, 9.17) is 0 Å². The van der Waals surface area contributed by atoms with Gasteiger partial charge in [-0.3, -0.25) is 4.79 Å². The molecule has 0 unspecified atom stereocenters. The maximum atomic E-state index is 12.2. The Morgan fingerprint density at radius 3 is 2.82 bits per heavy atom. The molecule has 0 N–H and O–H groups in total. The summed E-state index contributed by atoms with van der Waals surface area (Å²) in [6.45, 7) is 1.40. The molecule has 0 radical (unpaired) electrons. The highest BCUT2D eigenvalue weighted by molar-refractivity contribution is 9.10. The Labute approximate surface area is 108 Å². The van der Waals surface area contributed by atoms with Gasteiger partial charge in [0.25, 0.3) is 5.56 Å². The number of aromatic nitrogens is 2. The fourth-order valence-corrected chi connectivity index (χ4v) is 2.10. The second kappa shape index (κ2) is 4.98. The fourth-order valence-electron chi connectivity index (χ4n) is 1.63. The van der Waals surface area contributed by atoms with Crippen LogP contribution in [0.15, 0.2) is 33.7 Å². The van der Waals surface area contributed by atoms with Gasteiger partial charge in [-0.05, 0) is 26.2 Å². The van der Waals surface area contributed by atoms with Crippen LogP contribution in [0.4, 0.5) is 0 Å². The number of likely N-dealkylation sites (N-methyl/N-ethyl adjacent to an activating group) is 1. The van der Waals surface area contributed by atoms with Gasteiger partial charge in [-0.2, -0.15) is 5.10 Å². The van der Waals surface area contributed by atoms with Crippen molar-refractivity contribution in [2.75, 3.05) is 20.6 Å². The van der Waals surface area contributed by atoms with Crippen molar-refractivity contribution < 1.29 is 0 Å². The van der Waals surface area contributed by atoms with Crippen LogP contribution in [0.1, 0.15) is 0 Å². The summed E-state index contributed by atoms with van der Waals surface area (Å²) in [5.74, 6) is 0. The molecule has 0 atom stereocenters. The van der Waals surface area contributed by atoms with Gasteiger partial charge in [0, 0.05) is 16.4 Å². The minimum Gasteiger partial charge on any atom is -0.308 e. The lowest BCUT2D eigenvalue weighted by molar-refractivity contribution is 0.368. The van der Waals surface area contributed by atoms with Gasteiger partial charge in [0.15, 0.2) is 0 Å². The molecule has 1 heterocycles. The topological polar surface area (TPSA) is 38.1 Å². The van der Waals surface area contributed by atoms with Crippen molar-refractivity contribution in [2.45, 2.75) is 6.54 Å². The maximum Gasteiger partial charge on any atom is 0.274 e. The van der Waals surface area contributed by atoms with E-state index >= 15 is 0 Å². The Morgan fingerprint density at radius 1 is 1.35 bits per heavy atom. The first-order valence-electron chi connectivity index (χ1n) is 5.38. The van der Waals surface area contributed by atoms with E-state index in [0.29, 0.717) is 11.9 Å². The summed E-state index contributed by atoms with van der Waals surface area (Å²) in [4.78, 5) is 14.2. The van der Waals surface area contributed by atoms with Crippen molar-refractivity contribution in [2.24, 2.45) is 0 Å². The second-order valence-corrected chi connectivity index (χ2v) is 5.03. The summed E-state index contributed by atoms with van der Waals surface area (Å²) in [5, 5.41) is 5.75. The molecule has 1 aromatic heterocycles.